The molecule has 0 saturated carbocycles. The number of nitrogens with zero attached hydrogens (tertiary/aromatic N) is 1. The molecule has 0 bridgehead atoms. The molecule has 0 N–H and O–H groups in total. The predicted molar refractivity (Wildman–Crippen MR) is 70.4 cm³/mol. The molecule has 1 aromatic rings. The van der Waals surface area contributed by atoms with Gasteiger partial charge in [0, 0.05) is 6.42 Å². The third kappa shape index (κ3) is 4.34. The average molecular weight is 285 g/mol. The van der Waals surface area contributed by atoms with Crippen LogP contribution in [-0.4, -0.2) is 36.5 Å². The molecule has 1 heterocycles. The summed E-state index contributed by atoms with van der Waals surface area (Å²) in [6.45, 7) is 0.953. The molecule has 2 rings (SSSR count). The topological polar surface area (TPSA) is 20.3 Å². The molecule has 110 valence electrons. The van der Waals surface area contributed by atoms with E-state index in [1.54, 1.807) is 0 Å². The van der Waals surface area contributed by atoms with Gasteiger partial charge in [0.2, 0.25) is 0 Å². The van der Waals surface area contributed by atoms with E-state index < -0.39 is 12.1 Å². The number of piperidine rings is 1. The Morgan fingerprint density at radius 3 is 2.30 bits per heavy atom. The van der Waals surface area contributed by atoms with E-state index in [-0.39, 0.29) is 25.2 Å². The summed E-state index contributed by atoms with van der Waals surface area (Å²) in [7, 11) is 0. The Bertz CT molecular complexity index is 436. The monoisotopic (exact) mass is 285 g/mol. The zero-order chi connectivity index (χ0) is 14.6. The van der Waals surface area contributed by atoms with Crippen LogP contribution in [-0.2, 0) is 11.2 Å². The number of ketones is 1. The third-order valence-electron chi connectivity index (χ3n) is 3.69. The standard InChI is InChI=1S/C15H18F3NO/c16-15(17,18)13-6-8-19(9-7-13)11-14(20)10-12-4-2-1-3-5-12/h1-5,13H,6-11H2. The zero-order valence-electron chi connectivity index (χ0n) is 11.2. The number of carbonyl (C=O) groups excluding carboxylic acids is 1. The van der Waals surface area contributed by atoms with Gasteiger partial charge < -0.3 is 0 Å². The molecule has 1 fully saturated rings. The van der Waals surface area contributed by atoms with E-state index in [1.165, 1.54) is 0 Å². The molecule has 2 nitrogen and oxygen atoms in total. The van der Waals surface area contributed by atoms with Crippen LogP contribution in [0.2, 0.25) is 0 Å². The minimum atomic E-state index is -4.10. The van der Waals surface area contributed by atoms with Crippen LogP contribution in [0.1, 0.15) is 18.4 Å². The lowest BCUT2D eigenvalue weighted by Crippen LogP contribution is -2.41. The lowest BCUT2D eigenvalue weighted by Gasteiger charge is -2.32. The highest BCUT2D eigenvalue weighted by Gasteiger charge is 2.41. The molecular weight excluding hydrogens is 267 g/mol. The van der Waals surface area contributed by atoms with Crippen molar-refractivity contribution in [2.45, 2.75) is 25.4 Å². The van der Waals surface area contributed by atoms with Gasteiger partial charge in [-0.25, -0.2) is 0 Å². The van der Waals surface area contributed by atoms with E-state index in [9.17, 15) is 18.0 Å². The fourth-order valence-corrected chi connectivity index (χ4v) is 2.55. The smallest absolute Gasteiger partial charge is 0.298 e. The SMILES string of the molecule is O=C(Cc1ccccc1)CN1CCC(C(F)(F)F)CC1. The van der Waals surface area contributed by atoms with Crippen molar-refractivity contribution < 1.29 is 18.0 Å². The first-order chi connectivity index (χ1) is 9.45. The zero-order valence-corrected chi connectivity index (χ0v) is 11.2. The molecule has 1 aliphatic heterocycles. The van der Waals surface area contributed by atoms with Crippen LogP contribution in [0.3, 0.4) is 0 Å². The molecule has 0 atom stereocenters. The Balaban J connectivity index is 1.77. The lowest BCUT2D eigenvalue weighted by molar-refractivity contribution is -0.185. The van der Waals surface area contributed by atoms with E-state index in [0.717, 1.165) is 5.56 Å². The van der Waals surface area contributed by atoms with Crippen LogP contribution >= 0.6 is 0 Å². The fraction of sp³-hybridized carbons (Fsp3) is 0.533. The fourth-order valence-electron chi connectivity index (χ4n) is 2.55. The van der Waals surface area contributed by atoms with Crippen molar-refractivity contribution >= 4 is 5.78 Å². The highest BCUT2D eigenvalue weighted by atomic mass is 19.4. The van der Waals surface area contributed by atoms with Gasteiger partial charge in [-0.05, 0) is 31.5 Å². The van der Waals surface area contributed by atoms with Crippen LogP contribution < -0.4 is 0 Å². The molecule has 0 unspecified atom stereocenters. The van der Waals surface area contributed by atoms with Gasteiger partial charge >= 0.3 is 6.18 Å². The number of hydrogen-bond acceptors (Lipinski definition) is 2. The summed E-state index contributed by atoms with van der Waals surface area (Å²) in [5, 5.41) is 0. The van der Waals surface area contributed by atoms with Crippen LogP contribution in [0.15, 0.2) is 30.3 Å². The van der Waals surface area contributed by atoms with Gasteiger partial charge in [0.25, 0.3) is 0 Å². The Morgan fingerprint density at radius 2 is 1.75 bits per heavy atom. The van der Waals surface area contributed by atoms with Crippen molar-refractivity contribution in [2.24, 2.45) is 5.92 Å². The molecule has 0 aromatic heterocycles. The Labute approximate surface area is 116 Å². The maximum atomic E-state index is 12.5. The van der Waals surface area contributed by atoms with Crippen molar-refractivity contribution in [1.82, 2.24) is 4.90 Å². The maximum Gasteiger partial charge on any atom is 0.391 e. The molecule has 0 amide bonds. The number of Topliss-reactive ketones (excluding diaryl/α,β-unsaturated/α-hetero) is 1. The van der Waals surface area contributed by atoms with Gasteiger partial charge in [-0.3, -0.25) is 9.69 Å². The van der Waals surface area contributed by atoms with E-state index >= 15 is 0 Å². The van der Waals surface area contributed by atoms with Gasteiger partial charge in [-0.2, -0.15) is 13.2 Å². The number of benzene rings is 1. The highest BCUT2D eigenvalue weighted by Crippen LogP contribution is 2.33. The molecule has 5 heteroatoms. The normalized spacial score (nSPS) is 18.1. The minimum Gasteiger partial charge on any atom is -0.298 e. The summed E-state index contributed by atoms with van der Waals surface area (Å²) < 4.78 is 37.6. The molecule has 1 aromatic carbocycles. The van der Waals surface area contributed by atoms with Gasteiger partial charge in [0.05, 0.1) is 12.5 Å². The number of rotatable bonds is 4. The summed E-state index contributed by atoms with van der Waals surface area (Å²) >= 11 is 0. The van der Waals surface area contributed by atoms with Crippen LogP contribution in [0.5, 0.6) is 0 Å². The third-order valence-corrected chi connectivity index (χ3v) is 3.69. The second-order valence-electron chi connectivity index (χ2n) is 5.29. The molecule has 20 heavy (non-hydrogen) atoms. The van der Waals surface area contributed by atoms with Crippen molar-refractivity contribution in [3.05, 3.63) is 35.9 Å². The van der Waals surface area contributed by atoms with Crippen molar-refractivity contribution in [2.75, 3.05) is 19.6 Å². The number of likely N-dealkylation sites (tertiary alicyclic amines) is 1. The molecule has 1 saturated heterocycles. The van der Waals surface area contributed by atoms with Gasteiger partial charge in [-0.15, -0.1) is 0 Å². The van der Waals surface area contributed by atoms with Crippen molar-refractivity contribution in [3.8, 4) is 0 Å². The van der Waals surface area contributed by atoms with E-state index in [1.807, 2.05) is 35.2 Å². The minimum absolute atomic E-state index is 0.0571. The summed E-state index contributed by atoms with van der Waals surface area (Å²) in [6.07, 6.45) is -3.55. The largest absolute Gasteiger partial charge is 0.391 e. The van der Waals surface area contributed by atoms with Gasteiger partial charge in [0.15, 0.2) is 5.78 Å². The quantitative estimate of drug-likeness (QED) is 0.847. The molecular formula is C15H18F3NO. The number of halogens is 3. The summed E-state index contributed by atoms with van der Waals surface area (Å²) in [4.78, 5) is 13.7. The molecule has 0 aliphatic carbocycles. The summed E-state index contributed by atoms with van der Waals surface area (Å²) in [5.74, 6) is -1.15. The van der Waals surface area contributed by atoms with Gasteiger partial charge in [-0.1, -0.05) is 30.3 Å². The summed E-state index contributed by atoms with van der Waals surface area (Å²) in [5.41, 5.74) is 0.947. The second-order valence-corrected chi connectivity index (χ2v) is 5.29. The summed E-state index contributed by atoms with van der Waals surface area (Å²) in [6, 6.07) is 9.40. The number of alkyl halides is 3. The molecule has 1 aliphatic rings. The van der Waals surface area contributed by atoms with Crippen LogP contribution in [0.25, 0.3) is 0 Å². The van der Waals surface area contributed by atoms with E-state index in [2.05, 4.69) is 0 Å². The second kappa shape index (κ2) is 6.39. The lowest BCUT2D eigenvalue weighted by atomic mass is 9.96. The maximum absolute atomic E-state index is 12.5. The Kier molecular flexibility index (Phi) is 4.81. The molecule has 0 spiro atoms. The number of hydrogen-bond donors (Lipinski definition) is 0. The average Bonchev–Trinajstić information content (AvgIpc) is 2.39. The van der Waals surface area contributed by atoms with Crippen LogP contribution in [0.4, 0.5) is 13.2 Å². The first-order valence-electron chi connectivity index (χ1n) is 6.80. The van der Waals surface area contributed by atoms with E-state index in [0.29, 0.717) is 19.5 Å². The first-order valence-corrected chi connectivity index (χ1v) is 6.80. The van der Waals surface area contributed by atoms with Crippen molar-refractivity contribution in [3.63, 3.8) is 0 Å². The van der Waals surface area contributed by atoms with Gasteiger partial charge in [0.1, 0.15) is 0 Å². The van der Waals surface area contributed by atoms with Crippen molar-refractivity contribution in [1.29, 1.82) is 0 Å². The van der Waals surface area contributed by atoms with Crippen LogP contribution in [0, 0.1) is 5.92 Å². The highest BCUT2D eigenvalue weighted by molar-refractivity contribution is 5.82. The Morgan fingerprint density at radius 1 is 1.15 bits per heavy atom. The molecule has 0 radical (unpaired) electrons. The van der Waals surface area contributed by atoms with E-state index in [4.69, 9.17) is 0 Å². The Hall–Kier alpha value is -1.36. The first kappa shape index (κ1) is 15.0. The predicted octanol–water partition coefficient (Wildman–Crippen LogP) is 3.07. The number of carbonyl (C=O) groups is 1.